The third kappa shape index (κ3) is 231. The summed E-state index contributed by atoms with van der Waals surface area (Å²) in [6.45, 7) is 2.96. The molecule has 52 valence electrons. The van der Waals surface area contributed by atoms with Crippen LogP contribution in [0.15, 0.2) is 0 Å². The number of carboxylic acids is 1. The van der Waals surface area contributed by atoms with Crippen LogP contribution in [0.1, 0.15) is 20.3 Å². The highest BCUT2D eigenvalue weighted by Crippen LogP contribution is 1.61. The molecule has 0 saturated heterocycles. The number of aliphatic hydroxyl groups excluding tert-OH is 1. The van der Waals surface area contributed by atoms with Gasteiger partial charge in [0.1, 0.15) is 6.11 Å². The zero-order valence-corrected chi connectivity index (χ0v) is 5.51. The molecule has 0 spiro atoms. The Morgan fingerprint density at radius 1 is 1.67 bits per heavy atom. The number of aliphatic hydroxyl groups is 1. The van der Waals surface area contributed by atoms with Gasteiger partial charge < -0.3 is 10.2 Å². The molecule has 0 aliphatic carbocycles. The molecule has 0 unspecified atom stereocenters. The monoisotopic (exact) mass is 130 g/mol. The molecular weight excluding hydrogens is 120 g/mol. The molecule has 0 rings (SSSR count). The molecule has 0 aromatic heterocycles. The Balaban J connectivity index is 0. The van der Waals surface area contributed by atoms with Crippen LogP contribution in [0.4, 0.5) is 0 Å². The van der Waals surface area contributed by atoms with Crippen molar-refractivity contribution in [3.8, 4) is 12.0 Å². The largest absolute Gasteiger partial charge is 0.481 e. The summed E-state index contributed by atoms with van der Waals surface area (Å²) < 4.78 is 0. The first-order chi connectivity index (χ1) is 4.15. The van der Waals surface area contributed by atoms with E-state index in [0.29, 0.717) is 0 Å². The van der Waals surface area contributed by atoms with E-state index < -0.39 is 5.97 Å². The van der Waals surface area contributed by atoms with E-state index in [0.717, 1.165) is 13.3 Å². The van der Waals surface area contributed by atoms with E-state index in [2.05, 4.69) is 5.92 Å². The highest BCUT2D eigenvalue weighted by Gasteiger charge is 1.65. The lowest BCUT2D eigenvalue weighted by atomic mass is 10.5. The Hall–Kier alpha value is -1.17. The van der Waals surface area contributed by atoms with E-state index in [4.69, 9.17) is 15.0 Å². The smallest absolute Gasteiger partial charge is 0.300 e. The minimum Gasteiger partial charge on any atom is -0.481 e. The molecule has 0 aromatic carbocycles. The van der Waals surface area contributed by atoms with Crippen LogP contribution in [-0.4, -0.2) is 16.2 Å². The predicted octanol–water partition coefficient (Wildman–Crippen LogP) is 0.821. The van der Waals surface area contributed by atoms with E-state index in [9.17, 15) is 0 Å². The molecule has 9 heavy (non-hydrogen) atoms. The first-order valence-electron chi connectivity index (χ1n) is 2.46. The third-order valence-corrected chi connectivity index (χ3v) is 0.256. The van der Waals surface area contributed by atoms with Crippen LogP contribution in [0.3, 0.4) is 0 Å². The fraction of sp³-hybridized carbons (Fsp3) is 0.500. The lowest BCUT2D eigenvalue weighted by molar-refractivity contribution is -0.134. The van der Waals surface area contributed by atoms with Crippen molar-refractivity contribution in [1.82, 2.24) is 0 Å². The number of rotatable bonds is 0. The van der Waals surface area contributed by atoms with Gasteiger partial charge >= 0.3 is 0 Å². The van der Waals surface area contributed by atoms with Gasteiger partial charge in [-0.15, -0.1) is 0 Å². The van der Waals surface area contributed by atoms with Gasteiger partial charge in [0.25, 0.3) is 5.97 Å². The first-order valence-corrected chi connectivity index (χ1v) is 2.46. The standard InChI is InChI=1S/C4H6O.C2H4O2/c1-2-3-4-5;1-2(3)4/h5H,2H2,1H3;1H3,(H,3,4). The molecule has 0 atom stereocenters. The number of hydrogen-bond acceptors (Lipinski definition) is 2. The number of hydrogen-bond donors (Lipinski definition) is 2. The van der Waals surface area contributed by atoms with Gasteiger partial charge in [-0.3, -0.25) is 4.79 Å². The van der Waals surface area contributed by atoms with Gasteiger partial charge in [-0.1, -0.05) is 12.8 Å². The van der Waals surface area contributed by atoms with Gasteiger partial charge in [0, 0.05) is 13.3 Å². The summed E-state index contributed by atoms with van der Waals surface area (Å²) in [5.41, 5.74) is 0. The molecule has 2 N–H and O–H groups in total. The first kappa shape index (κ1) is 10.7. The summed E-state index contributed by atoms with van der Waals surface area (Å²) in [6, 6.07) is 0. The highest BCUT2D eigenvalue weighted by atomic mass is 16.4. The molecular formula is C6H10O3. The Labute approximate surface area is 54.3 Å². The highest BCUT2D eigenvalue weighted by molar-refractivity contribution is 5.62. The average Bonchev–Trinajstić information content (AvgIpc) is 1.66. The van der Waals surface area contributed by atoms with Gasteiger partial charge in [0.05, 0.1) is 0 Å². The molecule has 0 aliphatic rings. The Kier molecular flexibility index (Phi) is 11.9. The van der Waals surface area contributed by atoms with Gasteiger partial charge in [-0.25, -0.2) is 0 Å². The molecule has 3 heteroatoms. The summed E-state index contributed by atoms with van der Waals surface area (Å²) in [6.07, 6.45) is 2.50. The van der Waals surface area contributed by atoms with Crippen LogP contribution < -0.4 is 0 Å². The van der Waals surface area contributed by atoms with E-state index in [1.165, 1.54) is 0 Å². The molecule has 0 radical (unpaired) electrons. The molecule has 0 bridgehead atoms. The fourth-order valence-electron chi connectivity index (χ4n) is 0.0791. The summed E-state index contributed by atoms with van der Waals surface area (Å²) in [4.78, 5) is 9.00. The van der Waals surface area contributed by atoms with E-state index >= 15 is 0 Å². The maximum Gasteiger partial charge on any atom is 0.300 e. The number of carboxylic acid groups (broad SMARTS) is 1. The van der Waals surface area contributed by atoms with Crippen LogP contribution >= 0.6 is 0 Å². The lowest BCUT2D eigenvalue weighted by Crippen LogP contribution is -1.78. The lowest BCUT2D eigenvalue weighted by Gasteiger charge is -1.59. The molecule has 0 amide bonds. The number of carbonyl (C=O) groups is 1. The molecule has 0 heterocycles. The van der Waals surface area contributed by atoms with Gasteiger partial charge in [0.15, 0.2) is 0 Å². The van der Waals surface area contributed by atoms with Crippen molar-refractivity contribution in [3.05, 3.63) is 0 Å². The SMILES string of the molecule is CC(=O)O.CCC#CO. The summed E-state index contributed by atoms with van der Waals surface area (Å²) >= 11 is 0. The van der Waals surface area contributed by atoms with Gasteiger partial charge in [0.2, 0.25) is 0 Å². The van der Waals surface area contributed by atoms with Crippen molar-refractivity contribution in [1.29, 1.82) is 0 Å². The Morgan fingerprint density at radius 3 is 2.00 bits per heavy atom. The zero-order chi connectivity index (χ0) is 7.70. The molecule has 0 aliphatic heterocycles. The third-order valence-electron chi connectivity index (χ3n) is 0.256. The fourth-order valence-corrected chi connectivity index (χ4v) is 0.0791. The predicted molar refractivity (Wildman–Crippen MR) is 33.3 cm³/mol. The second-order valence-electron chi connectivity index (χ2n) is 1.16. The zero-order valence-electron chi connectivity index (χ0n) is 5.51. The maximum atomic E-state index is 9.00. The van der Waals surface area contributed by atoms with Gasteiger partial charge in [-0.2, -0.15) is 0 Å². The van der Waals surface area contributed by atoms with Crippen molar-refractivity contribution >= 4 is 5.97 Å². The minimum atomic E-state index is -0.833. The molecule has 3 nitrogen and oxygen atoms in total. The average molecular weight is 130 g/mol. The van der Waals surface area contributed by atoms with E-state index in [-0.39, 0.29) is 0 Å². The maximum absolute atomic E-state index is 9.00. The van der Waals surface area contributed by atoms with Crippen LogP contribution in [0.5, 0.6) is 0 Å². The van der Waals surface area contributed by atoms with Crippen LogP contribution in [0, 0.1) is 12.0 Å². The van der Waals surface area contributed by atoms with Gasteiger partial charge in [-0.05, 0) is 0 Å². The second kappa shape index (κ2) is 9.95. The normalized spacial score (nSPS) is 5.56. The summed E-state index contributed by atoms with van der Waals surface area (Å²) in [5, 5.41) is 15.1. The van der Waals surface area contributed by atoms with Crippen molar-refractivity contribution in [2.24, 2.45) is 0 Å². The molecule has 0 aromatic rings. The Bertz CT molecular complexity index is 114. The Morgan fingerprint density at radius 2 is 2.00 bits per heavy atom. The summed E-state index contributed by atoms with van der Waals surface area (Å²) in [5.74, 6) is 1.58. The summed E-state index contributed by atoms with van der Waals surface area (Å²) in [7, 11) is 0. The van der Waals surface area contributed by atoms with Crippen LogP contribution in [0.2, 0.25) is 0 Å². The topological polar surface area (TPSA) is 57.5 Å². The van der Waals surface area contributed by atoms with Crippen molar-refractivity contribution in [2.45, 2.75) is 20.3 Å². The van der Waals surface area contributed by atoms with Crippen LogP contribution in [0.25, 0.3) is 0 Å². The van der Waals surface area contributed by atoms with E-state index in [1.807, 2.05) is 6.92 Å². The second-order valence-corrected chi connectivity index (χ2v) is 1.16. The molecule has 0 fully saturated rings. The van der Waals surface area contributed by atoms with Crippen molar-refractivity contribution in [3.63, 3.8) is 0 Å². The molecule has 0 saturated carbocycles. The van der Waals surface area contributed by atoms with Crippen molar-refractivity contribution < 1.29 is 15.0 Å². The van der Waals surface area contributed by atoms with Crippen molar-refractivity contribution in [2.75, 3.05) is 0 Å². The number of aliphatic carboxylic acids is 1. The van der Waals surface area contributed by atoms with E-state index in [1.54, 1.807) is 6.11 Å². The quantitative estimate of drug-likeness (QED) is 0.477. The minimum absolute atomic E-state index is 0.733. The van der Waals surface area contributed by atoms with Crippen LogP contribution in [-0.2, 0) is 4.79 Å².